The van der Waals surface area contributed by atoms with Gasteiger partial charge in [0, 0.05) is 53.5 Å². The zero-order valence-corrected chi connectivity index (χ0v) is 22.2. The molecule has 0 fully saturated rings. The second kappa shape index (κ2) is 10.0. The molecule has 0 aliphatic carbocycles. The molecule has 6 nitrogen and oxygen atoms in total. The van der Waals surface area contributed by atoms with Gasteiger partial charge in [0.25, 0.3) is 0 Å². The monoisotopic (exact) mass is 537 g/mol. The van der Waals surface area contributed by atoms with E-state index in [1.54, 1.807) is 11.1 Å². The summed E-state index contributed by atoms with van der Waals surface area (Å²) in [6, 6.07) is 6.65. The summed E-state index contributed by atoms with van der Waals surface area (Å²) in [7, 11) is 0. The van der Waals surface area contributed by atoms with Gasteiger partial charge in [-0.2, -0.15) is 5.10 Å². The number of furan rings is 1. The molecule has 2 aromatic heterocycles. The highest BCUT2D eigenvalue weighted by atomic mass is 19.1. The van der Waals surface area contributed by atoms with Crippen molar-refractivity contribution >= 4 is 23.0 Å². The number of hydrogen-bond acceptors (Lipinski definition) is 4. The van der Waals surface area contributed by atoms with Crippen LogP contribution in [-0.4, -0.2) is 44.0 Å². The van der Waals surface area contributed by atoms with Crippen LogP contribution < -0.4 is 0 Å². The first-order valence-corrected chi connectivity index (χ1v) is 12.9. The number of fused-ring (bicyclic) bond motifs is 3. The molecule has 1 aliphatic rings. The van der Waals surface area contributed by atoms with E-state index in [0.717, 1.165) is 52.9 Å². The molecule has 1 N–H and O–H groups in total. The molecular formula is C30H30F3N3O3. The number of aryl methyl sites for hydroxylation is 1. The van der Waals surface area contributed by atoms with Crippen LogP contribution in [0.4, 0.5) is 13.2 Å². The third kappa shape index (κ3) is 5.23. The van der Waals surface area contributed by atoms with Crippen molar-refractivity contribution in [2.75, 3.05) is 6.54 Å². The van der Waals surface area contributed by atoms with Gasteiger partial charge in [0.2, 0.25) is 0 Å². The van der Waals surface area contributed by atoms with E-state index in [4.69, 9.17) is 9.52 Å². The molecule has 204 valence electrons. The van der Waals surface area contributed by atoms with E-state index in [1.807, 2.05) is 42.9 Å². The van der Waals surface area contributed by atoms with Gasteiger partial charge in [-0.15, -0.1) is 0 Å². The van der Waals surface area contributed by atoms with E-state index in [2.05, 4.69) is 5.10 Å². The number of halogens is 3. The lowest BCUT2D eigenvalue weighted by Gasteiger charge is -2.42. The maximum atomic E-state index is 15.6. The molecule has 9 heteroatoms. The van der Waals surface area contributed by atoms with Gasteiger partial charge < -0.3 is 9.52 Å². The first-order chi connectivity index (χ1) is 18.4. The summed E-state index contributed by atoms with van der Waals surface area (Å²) in [4.78, 5) is 12.6. The predicted molar refractivity (Wildman–Crippen MR) is 143 cm³/mol. The fraction of sp³-hybridized carbons (Fsp3) is 0.333. The van der Waals surface area contributed by atoms with Crippen LogP contribution >= 0.6 is 0 Å². The molecule has 1 aliphatic heterocycles. The topological polar surface area (TPSA) is 71.5 Å². The summed E-state index contributed by atoms with van der Waals surface area (Å²) in [6.07, 6.45) is 6.19. The number of carboxylic acid groups (broad SMARTS) is 1. The van der Waals surface area contributed by atoms with Crippen LogP contribution in [0.5, 0.6) is 0 Å². The molecule has 0 radical (unpaired) electrons. The van der Waals surface area contributed by atoms with Crippen molar-refractivity contribution in [3.63, 3.8) is 0 Å². The molecule has 0 spiro atoms. The van der Waals surface area contributed by atoms with Gasteiger partial charge in [-0.1, -0.05) is 6.07 Å². The normalized spacial score (nSPS) is 18.2. The quantitative estimate of drug-likeness (QED) is 0.263. The summed E-state index contributed by atoms with van der Waals surface area (Å²) in [5.74, 6) is -2.58. The zero-order valence-electron chi connectivity index (χ0n) is 22.2. The van der Waals surface area contributed by atoms with Crippen molar-refractivity contribution in [2.45, 2.75) is 58.4 Å². The Hall–Kier alpha value is -3.85. The molecule has 0 amide bonds. The van der Waals surface area contributed by atoms with Crippen LogP contribution in [0.25, 0.3) is 28.2 Å². The summed E-state index contributed by atoms with van der Waals surface area (Å²) >= 11 is 0. The number of aromatic nitrogens is 2. The first-order valence-electron chi connectivity index (χ1n) is 12.9. The van der Waals surface area contributed by atoms with Gasteiger partial charge in [0.15, 0.2) is 0 Å². The molecule has 2 aromatic carbocycles. The Labute approximate surface area is 224 Å². The van der Waals surface area contributed by atoms with Crippen LogP contribution in [0, 0.1) is 11.6 Å². The SMILES string of the molecule is CCn1cc(-c2ccc3oc4c(c3c2)C[C@H](C)N(CC(C)(C)F)C4c2c(F)cc(/C=C/C(=O)O)cc2F)cn1. The third-order valence-corrected chi connectivity index (χ3v) is 7.11. The van der Waals surface area contributed by atoms with Gasteiger partial charge in [0.05, 0.1) is 6.20 Å². The minimum atomic E-state index is -1.64. The van der Waals surface area contributed by atoms with E-state index >= 15 is 8.78 Å². The molecule has 3 heterocycles. The maximum Gasteiger partial charge on any atom is 0.328 e. The summed E-state index contributed by atoms with van der Waals surface area (Å²) in [5, 5.41) is 14.1. The highest BCUT2D eigenvalue weighted by Gasteiger charge is 2.42. The Morgan fingerprint density at radius 1 is 1.21 bits per heavy atom. The second-order valence-corrected chi connectivity index (χ2v) is 10.7. The Morgan fingerprint density at radius 2 is 1.92 bits per heavy atom. The van der Waals surface area contributed by atoms with Crippen LogP contribution in [0.2, 0.25) is 0 Å². The number of hydrogen-bond donors (Lipinski definition) is 1. The minimum absolute atomic E-state index is 0.0690. The van der Waals surface area contributed by atoms with E-state index in [0.29, 0.717) is 17.8 Å². The molecular weight excluding hydrogens is 507 g/mol. The average Bonchev–Trinajstić information content (AvgIpc) is 3.48. The number of carbonyl (C=O) groups is 1. The largest absolute Gasteiger partial charge is 0.478 e. The number of nitrogens with zero attached hydrogens (tertiary/aromatic N) is 3. The Bertz CT molecular complexity index is 1560. The van der Waals surface area contributed by atoms with E-state index in [-0.39, 0.29) is 23.7 Å². The summed E-state index contributed by atoms with van der Waals surface area (Å²) in [5.41, 5.74) is 1.45. The molecule has 1 unspecified atom stereocenters. The fourth-order valence-corrected chi connectivity index (χ4v) is 5.39. The van der Waals surface area contributed by atoms with Crippen molar-refractivity contribution in [2.24, 2.45) is 0 Å². The van der Waals surface area contributed by atoms with Gasteiger partial charge >= 0.3 is 5.97 Å². The minimum Gasteiger partial charge on any atom is -0.478 e. The highest BCUT2D eigenvalue weighted by molar-refractivity contribution is 5.88. The molecule has 5 rings (SSSR count). The molecule has 39 heavy (non-hydrogen) atoms. The lowest BCUT2D eigenvalue weighted by Crippen LogP contribution is -2.48. The van der Waals surface area contributed by atoms with Crippen LogP contribution in [0.1, 0.15) is 56.2 Å². The standard InChI is InChI=1S/C30H30F3N3O3/c1-5-35-15-20(14-34-35)19-7-8-25-21(13-19)22-10-17(2)36(16-30(3,4)33)28(29(22)39-25)27-23(31)11-18(12-24(27)32)6-9-26(37)38/h6-9,11-15,17,28H,5,10,16H2,1-4H3,(H,37,38)/b9-6+/t17-,28?/m0/s1. The molecule has 0 bridgehead atoms. The maximum absolute atomic E-state index is 15.6. The van der Waals surface area contributed by atoms with Gasteiger partial charge in [0.1, 0.15) is 34.7 Å². The van der Waals surface area contributed by atoms with Crippen molar-refractivity contribution in [1.82, 2.24) is 14.7 Å². The predicted octanol–water partition coefficient (Wildman–Crippen LogP) is 6.78. The van der Waals surface area contributed by atoms with Gasteiger partial charge in [-0.25, -0.2) is 18.0 Å². The van der Waals surface area contributed by atoms with Crippen LogP contribution in [-0.2, 0) is 17.8 Å². The number of rotatable bonds is 7. The molecule has 2 atom stereocenters. The number of benzene rings is 2. The van der Waals surface area contributed by atoms with E-state index in [9.17, 15) is 9.18 Å². The third-order valence-electron chi connectivity index (χ3n) is 7.11. The van der Waals surface area contributed by atoms with Crippen LogP contribution in [0.15, 0.2) is 53.2 Å². The average molecular weight is 538 g/mol. The molecule has 0 saturated carbocycles. The molecule has 0 saturated heterocycles. The van der Waals surface area contributed by atoms with Crippen LogP contribution in [0.3, 0.4) is 0 Å². The Morgan fingerprint density at radius 3 is 2.54 bits per heavy atom. The molecule has 4 aromatic rings. The lowest BCUT2D eigenvalue weighted by molar-refractivity contribution is -0.131. The number of alkyl halides is 1. The van der Waals surface area contributed by atoms with Crippen molar-refractivity contribution in [3.8, 4) is 11.1 Å². The van der Waals surface area contributed by atoms with Gasteiger partial charge in [-0.3, -0.25) is 9.58 Å². The zero-order chi connectivity index (χ0) is 28.1. The Kier molecular flexibility index (Phi) is 6.88. The smallest absolute Gasteiger partial charge is 0.328 e. The fourth-order valence-electron chi connectivity index (χ4n) is 5.39. The van der Waals surface area contributed by atoms with Gasteiger partial charge in [-0.05, 0) is 75.6 Å². The lowest BCUT2D eigenvalue weighted by atomic mass is 9.87. The van der Waals surface area contributed by atoms with Crippen molar-refractivity contribution in [3.05, 3.63) is 82.9 Å². The van der Waals surface area contributed by atoms with E-state index in [1.165, 1.54) is 13.8 Å². The van der Waals surface area contributed by atoms with Crippen molar-refractivity contribution in [1.29, 1.82) is 0 Å². The second-order valence-electron chi connectivity index (χ2n) is 10.7. The highest BCUT2D eigenvalue weighted by Crippen LogP contribution is 2.45. The van der Waals surface area contributed by atoms with E-state index < -0.39 is 29.3 Å². The Balaban J connectivity index is 1.68. The number of aliphatic carboxylic acids is 1. The first kappa shape index (κ1) is 26.7. The number of carboxylic acids is 1. The van der Waals surface area contributed by atoms with Crippen molar-refractivity contribution < 1.29 is 27.5 Å². The summed E-state index contributed by atoms with van der Waals surface area (Å²) in [6.45, 7) is 7.45. The summed E-state index contributed by atoms with van der Waals surface area (Å²) < 4.78 is 54.4.